The molecule has 10 aliphatic carbocycles. The first kappa shape index (κ1) is 53.4. The monoisotopic (exact) mass is 1000 g/mol. The van der Waals surface area contributed by atoms with Gasteiger partial charge < -0.3 is 37.9 Å². The maximum atomic E-state index is 6.60. The van der Waals surface area contributed by atoms with Crippen LogP contribution in [-0.4, -0.2) is 52.9 Å². The fraction of sp³-hybridized carbons (Fsp3) is 0.313. The van der Waals surface area contributed by atoms with Crippen LogP contribution in [0.25, 0.3) is 22.3 Å². The molecule has 0 fully saturated rings. The van der Waals surface area contributed by atoms with Gasteiger partial charge in [-0.05, 0) is 174 Å². The van der Waals surface area contributed by atoms with Crippen LogP contribution in [0.1, 0.15) is 122 Å². The van der Waals surface area contributed by atoms with Crippen molar-refractivity contribution in [3.63, 3.8) is 0 Å². The average Bonchev–Trinajstić information content (AvgIpc) is 3.41. The molecule has 0 aromatic heterocycles. The molecule has 0 saturated carbocycles. The van der Waals surface area contributed by atoms with Crippen molar-refractivity contribution in [3.05, 3.63) is 176 Å². The molecule has 0 aliphatic heterocycles. The van der Waals surface area contributed by atoms with Crippen molar-refractivity contribution in [1.82, 2.24) is 0 Å². The van der Waals surface area contributed by atoms with Crippen LogP contribution in [-0.2, 0) is 32.1 Å². The van der Waals surface area contributed by atoms with Crippen LogP contribution < -0.4 is 37.9 Å². The molecule has 0 atom stereocenters. The fourth-order valence-electron chi connectivity index (χ4n) is 10.0. The second-order valence-corrected chi connectivity index (χ2v) is 18.2. The molecule has 0 N–H and O–H groups in total. The van der Waals surface area contributed by atoms with E-state index in [-0.39, 0.29) is 0 Å². The Morgan fingerprint density at radius 1 is 0.280 bits per heavy atom. The first-order chi connectivity index (χ1) is 36.7. The predicted octanol–water partition coefficient (Wildman–Crippen LogP) is 14.4. The third kappa shape index (κ3) is 12.4. The highest BCUT2D eigenvalue weighted by molar-refractivity contribution is 5.79. The van der Waals surface area contributed by atoms with E-state index in [1.807, 2.05) is 79.7 Å². The summed E-state index contributed by atoms with van der Waals surface area (Å²) < 4.78 is 52.3. The van der Waals surface area contributed by atoms with E-state index in [0.29, 0.717) is 85.0 Å². The largest absolute Gasteiger partial charge is 0.494 e. The van der Waals surface area contributed by atoms with Crippen LogP contribution in [0.2, 0.25) is 0 Å². The van der Waals surface area contributed by atoms with E-state index in [9.17, 15) is 0 Å². The molecule has 10 bridgehead atoms. The summed E-state index contributed by atoms with van der Waals surface area (Å²) in [5, 5.41) is 0. The molecule has 0 spiro atoms. The van der Waals surface area contributed by atoms with Crippen LogP contribution in [0.3, 0.4) is 0 Å². The lowest BCUT2D eigenvalue weighted by molar-refractivity contribution is 0.320. The minimum atomic E-state index is 0.473. The molecular weight excluding hydrogens is 933 g/mol. The summed E-state index contributed by atoms with van der Waals surface area (Å²) in [4.78, 5) is 0. The molecule has 17 rings (SSSR count). The van der Waals surface area contributed by atoms with E-state index < -0.39 is 0 Å². The molecule has 8 nitrogen and oxygen atoms in total. The highest BCUT2D eigenvalue weighted by Crippen LogP contribution is 2.43. The third-order valence-corrected chi connectivity index (χ3v) is 13.3. The second kappa shape index (κ2) is 25.3. The van der Waals surface area contributed by atoms with E-state index >= 15 is 0 Å². The minimum absolute atomic E-state index is 0.473. The summed E-state index contributed by atoms with van der Waals surface area (Å²) in [6.45, 7) is 19.9. The molecule has 0 unspecified atom stereocenters. The van der Waals surface area contributed by atoms with E-state index in [4.69, 9.17) is 50.7 Å². The van der Waals surface area contributed by atoms with Crippen molar-refractivity contribution in [2.75, 3.05) is 52.9 Å². The summed E-state index contributed by atoms with van der Waals surface area (Å²) >= 11 is 0. The van der Waals surface area contributed by atoms with E-state index in [0.717, 1.165) is 135 Å². The summed E-state index contributed by atoms with van der Waals surface area (Å²) in [6, 6.07) is 38.2. The Balaban J connectivity index is 1.46. The molecule has 0 saturated heterocycles. The SMILES string of the molecule is C#Cc1ccc(-c2cc3c(-c4ccc(C#C)cc4)cc2Cc2cc(OCC)c(cc2OCC)Cc2cc(OCC)c(cc2OCC)Cc2cc(OCC)c(cc2OCC)Cc2cc(OCC)c(cc2OCC)C3)cc1. The fourth-order valence-corrected chi connectivity index (χ4v) is 10.0. The summed E-state index contributed by atoms with van der Waals surface area (Å²) in [5.41, 5.74) is 15.8. The van der Waals surface area contributed by atoms with Gasteiger partial charge in [-0.1, -0.05) is 36.1 Å². The number of hydrogen-bond acceptors (Lipinski definition) is 8. The Hall–Kier alpha value is -7.94. The van der Waals surface area contributed by atoms with E-state index in [1.54, 1.807) is 0 Å². The number of ether oxygens (including phenoxy) is 8. The Morgan fingerprint density at radius 2 is 0.467 bits per heavy atom. The minimum Gasteiger partial charge on any atom is -0.494 e. The molecule has 0 heterocycles. The van der Waals surface area contributed by atoms with Gasteiger partial charge in [0, 0.05) is 87.7 Å². The van der Waals surface area contributed by atoms with Gasteiger partial charge in [-0.15, -0.1) is 12.8 Å². The number of rotatable bonds is 18. The van der Waals surface area contributed by atoms with Gasteiger partial charge in [-0.2, -0.15) is 0 Å². The average molecular weight is 1000 g/mol. The molecule has 0 radical (unpaired) electrons. The van der Waals surface area contributed by atoms with Crippen molar-refractivity contribution < 1.29 is 37.9 Å². The Bertz CT molecular complexity index is 2970. The first-order valence-corrected chi connectivity index (χ1v) is 26.6. The standard InChI is InChI=1S/C67H70O8/c1-11-44-21-25-46(26-22-44)58-34-49-30-51-37-63(71-16-6)53(39-61(51)69-14-4)32-55-41-67(75-20-10)57(43-65(55)73-18-8)33-56-42-64(72-17-7)54(40-66(56)74-19-9)31-52-38-60(68-13-3)50(36-62(52)70-15-5)29-48(58)35-59(49)47-27-23-45(12-2)24-28-47/h1-2,21-28,34-43H,13-20,29-33H2,3-10H3. The maximum Gasteiger partial charge on any atom is 0.123 e. The zero-order valence-electron chi connectivity index (χ0n) is 45.0. The third-order valence-electron chi connectivity index (χ3n) is 13.3. The van der Waals surface area contributed by atoms with E-state index in [1.165, 1.54) is 0 Å². The second-order valence-electron chi connectivity index (χ2n) is 18.2. The van der Waals surface area contributed by atoms with Gasteiger partial charge in [0.25, 0.3) is 0 Å². The molecular formula is C67H70O8. The van der Waals surface area contributed by atoms with Crippen molar-refractivity contribution in [3.8, 4) is 92.9 Å². The molecule has 75 heavy (non-hydrogen) atoms. The van der Waals surface area contributed by atoms with Gasteiger partial charge in [0.1, 0.15) is 46.0 Å². The lowest BCUT2D eigenvalue weighted by Crippen LogP contribution is -2.08. The highest BCUT2D eigenvalue weighted by atomic mass is 16.5. The molecule has 386 valence electrons. The van der Waals surface area contributed by atoms with E-state index in [2.05, 4.69) is 96.8 Å². The van der Waals surface area contributed by atoms with Gasteiger partial charge >= 0.3 is 0 Å². The van der Waals surface area contributed by atoms with Crippen molar-refractivity contribution in [2.45, 2.75) is 87.5 Å². The topological polar surface area (TPSA) is 73.8 Å². The zero-order valence-corrected chi connectivity index (χ0v) is 45.0. The molecule has 10 aliphatic rings. The molecule has 0 amide bonds. The molecule has 7 aromatic carbocycles. The van der Waals surface area contributed by atoms with Crippen molar-refractivity contribution in [1.29, 1.82) is 0 Å². The van der Waals surface area contributed by atoms with Gasteiger partial charge in [-0.25, -0.2) is 0 Å². The summed E-state index contributed by atoms with van der Waals surface area (Å²) in [5.74, 6) is 11.8. The summed E-state index contributed by atoms with van der Waals surface area (Å²) in [6.07, 6.45) is 14.4. The highest BCUT2D eigenvalue weighted by Gasteiger charge is 2.24. The van der Waals surface area contributed by atoms with Crippen LogP contribution in [0, 0.1) is 24.7 Å². The predicted molar refractivity (Wildman–Crippen MR) is 302 cm³/mol. The Morgan fingerprint density at radius 3 is 0.640 bits per heavy atom. The van der Waals surface area contributed by atoms with Crippen molar-refractivity contribution in [2.24, 2.45) is 0 Å². The summed E-state index contributed by atoms with van der Waals surface area (Å²) in [7, 11) is 0. The maximum absolute atomic E-state index is 6.60. The lowest BCUT2D eigenvalue weighted by Gasteiger charge is -2.22. The van der Waals surface area contributed by atoms with Crippen LogP contribution in [0.5, 0.6) is 46.0 Å². The molecule has 7 aromatic rings. The number of hydrogen-bond donors (Lipinski definition) is 0. The van der Waals surface area contributed by atoms with Gasteiger partial charge in [0.15, 0.2) is 0 Å². The zero-order chi connectivity index (χ0) is 52.8. The normalized spacial score (nSPS) is 11.9. The first-order valence-electron chi connectivity index (χ1n) is 26.6. The molecule has 8 heteroatoms. The van der Waals surface area contributed by atoms with Gasteiger partial charge in [0.2, 0.25) is 0 Å². The number of benzene rings is 7. The van der Waals surface area contributed by atoms with Crippen LogP contribution in [0.4, 0.5) is 0 Å². The number of terminal acetylenes is 2. The van der Waals surface area contributed by atoms with Crippen LogP contribution in [0.15, 0.2) is 109 Å². The van der Waals surface area contributed by atoms with Gasteiger partial charge in [-0.3, -0.25) is 0 Å². The Labute approximate surface area is 445 Å². The van der Waals surface area contributed by atoms with Crippen LogP contribution >= 0.6 is 0 Å². The van der Waals surface area contributed by atoms with Crippen molar-refractivity contribution >= 4 is 0 Å². The Kier molecular flexibility index (Phi) is 18.0. The smallest absolute Gasteiger partial charge is 0.123 e. The quantitative estimate of drug-likeness (QED) is 0.0787. The van der Waals surface area contributed by atoms with Gasteiger partial charge in [0.05, 0.1) is 52.9 Å². The lowest BCUT2D eigenvalue weighted by atomic mass is 9.85.